The Kier molecular flexibility index (Phi) is 3.39. The zero-order valence-electron chi connectivity index (χ0n) is 9.45. The molecule has 0 amide bonds. The van der Waals surface area contributed by atoms with Crippen molar-refractivity contribution >= 4 is 0 Å². The molecule has 0 saturated carbocycles. The average Bonchev–Trinajstić information content (AvgIpc) is 2.66. The van der Waals surface area contributed by atoms with Gasteiger partial charge in [-0.15, -0.1) is 0 Å². The van der Waals surface area contributed by atoms with Crippen LogP contribution in [0.5, 0.6) is 0 Å². The fourth-order valence-electron chi connectivity index (χ4n) is 2.50. The van der Waals surface area contributed by atoms with E-state index in [-0.39, 0.29) is 0 Å². The highest BCUT2D eigenvalue weighted by Gasteiger charge is 2.22. The van der Waals surface area contributed by atoms with Crippen LogP contribution in [0, 0.1) is 0 Å². The van der Waals surface area contributed by atoms with Crippen LogP contribution in [-0.4, -0.2) is 31.6 Å². The smallest absolute Gasteiger partial charge is 0.00478 e. The van der Waals surface area contributed by atoms with E-state index in [2.05, 4.69) is 36.2 Å². The van der Waals surface area contributed by atoms with Crippen LogP contribution in [0.1, 0.15) is 23.5 Å². The summed E-state index contributed by atoms with van der Waals surface area (Å²) in [6.07, 6.45) is 2.30. The molecule has 1 heterocycles. The molecule has 82 valence electrons. The Bertz CT molecular complexity index is 322. The van der Waals surface area contributed by atoms with Crippen molar-refractivity contribution in [2.75, 3.05) is 26.7 Å². The quantitative estimate of drug-likeness (QED) is 0.810. The van der Waals surface area contributed by atoms with Gasteiger partial charge in [0.1, 0.15) is 0 Å². The number of benzene rings is 1. The second-order valence-electron chi connectivity index (χ2n) is 4.49. The standard InChI is InChI=1S/C13H20N2/c1-15-9-7-12(10-15)13-5-3-2-4-11(13)6-8-14/h2-5,12H,6-10,14H2,1H3. The van der Waals surface area contributed by atoms with Crippen LogP contribution in [0.4, 0.5) is 0 Å². The molecule has 1 aromatic rings. The molecule has 1 fully saturated rings. The lowest BCUT2D eigenvalue weighted by Crippen LogP contribution is -2.14. The summed E-state index contributed by atoms with van der Waals surface area (Å²) in [5.74, 6) is 0.720. The van der Waals surface area contributed by atoms with Gasteiger partial charge >= 0.3 is 0 Å². The van der Waals surface area contributed by atoms with E-state index in [0.717, 1.165) is 18.9 Å². The highest BCUT2D eigenvalue weighted by atomic mass is 15.1. The van der Waals surface area contributed by atoms with E-state index in [1.807, 2.05) is 0 Å². The highest BCUT2D eigenvalue weighted by Crippen LogP contribution is 2.28. The number of likely N-dealkylation sites (tertiary alicyclic amines) is 1. The van der Waals surface area contributed by atoms with E-state index in [4.69, 9.17) is 5.73 Å². The van der Waals surface area contributed by atoms with Gasteiger partial charge in [-0.2, -0.15) is 0 Å². The molecule has 2 nitrogen and oxygen atoms in total. The number of nitrogens with zero attached hydrogens (tertiary/aromatic N) is 1. The van der Waals surface area contributed by atoms with Crippen LogP contribution in [0.2, 0.25) is 0 Å². The molecule has 1 saturated heterocycles. The third-order valence-corrected chi connectivity index (χ3v) is 3.30. The largest absolute Gasteiger partial charge is 0.330 e. The van der Waals surface area contributed by atoms with Gasteiger partial charge in [0.15, 0.2) is 0 Å². The summed E-state index contributed by atoms with van der Waals surface area (Å²) in [6.45, 7) is 3.17. The zero-order chi connectivity index (χ0) is 10.7. The molecule has 1 aliphatic rings. The number of nitrogens with two attached hydrogens (primary N) is 1. The van der Waals surface area contributed by atoms with Crippen molar-refractivity contribution in [1.29, 1.82) is 0 Å². The van der Waals surface area contributed by atoms with Gasteiger partial charge in [-0.05, 0) is 50.0 Å². The summed E-state index contributed by atoms with van der Waals surface area (Å²) in [7, 11) is 2.20. The molecule has 2 rings (SSSR count). The summed E-state index contributed by atoms with van der Waals surface area (Å²) < 4.78 is 0. The molecule has 1 unspecified atom stereocenters. The zero-order valence-corrected chi connectivity index (χ0v) is 9.45. The Morgan fingerprint density at radius 3 is 2.87 bits per heavy atom. The number of hydrogen-bond donors (Lipinski definition) is 1. The van der Waals surface area contributed by atoms with Crippen molar-refractivity contribution in [3.05, 3.63) is 35.4 Å². The van der Waals surface area contributed by atoms with E-state index < -0.39 is 0 Å². The molecule has 1 aromatic carbocycles. The van der Waals surface area contributed by atoms with Gasteiger partial charge in [0.2, 0.25) is 0 Å². The van der Waals surface area contributed by atoms with Gasteiger partial charge in [0, 0.05) is 6.54 Å². The van der Waals surface area contributed by atoms with E-state index >= 15 is 0 Å². The van der Waals surface area contributed by atoms with E-state index in [0.29, 0.717) is 0 Å². The van der Waals surface area contributed by atoms with Crippen LogP contribution in [-0.2, 0) is 6.42 Å². The number of hydrogen-bond acceptors (Lipinski definition) is 2. The Balaban J connectivity index is 2.19. The monoisotopic (exact) mass is 204 g/mol. The molecule has 0 aliphatic carbocycles. The first kappa shape index (κ1) is 10.7. The first-order chi connectivity index (χ1) is 7.31. The predicted molar refractivity (Wildman–Crippen MR) is 64.1 cm³/mol. The Morgan fingerprint density at radius 2 is 2.20 bits per heavy atom. The summed E-state index contributed by atoms with van der Waals surface area (Å²) >= 11 is 0. The van der Waals surface area contributed by atoms with Crippen molar-refractivity contribution in [1.82, 2.24) is 4.90 Å². The van der Waals surface area contributed by atoms with Crippen LogP contribution in [0.25, 0.3) is 0 Å². The Morgan fingerprint density at radius 1 is 1.40 bits per heavy atom. The number of rotatable bonds is 3. The topological polar surface area (TPSA) is 29.3 Å². The average molecular weight is 204 g/mol. The molecule has 0 radical (unpaired) electrons. The highest BCUT2D eigenvalue weighted by molar-refractivity contribution is 5.31. The summed E-state index contributed by atoms with van der Waals surface area (Å²) in [6, 6.07) is 8.76. The molecule has 0 spiro atoms. The SMILES string of the molecule is CN1CCC(c2ccccc2CCN)C1. The lowest BCUT2D eigenvalue weighted by molar-refractivity contribution is 0.411. The molecule has 0 bridgehead atoms. The first-order valence-corrected chi connectivity index (χ1v) is 5.77. The van der Waals surface area contributed by atoms with Gasteiger partial charge < -0.3 is 10.6 Å². The van der Waals surface area contributed by atoms with Gasteiger partial charge in [-0.3, -0.25) is 0 Å². The van der Waals surface area contributed by atoms with Crippen LogP contribution < -0.4 is 5.73 Å². The third-order valence-electron chi connectivity index (χ3n) is 3.30. The predicted octanol–water partition coefficient (Wildman–Crippen LogP) is 1.61. The second kappa shape index (κ2) is 4.77. The van der Waals surface area contributed by atoms with E-state index in [9.17, 15) is 0 Å². The lowest BCUT2D eigenvalue weighted by atomic mass is 9.92. The molecule has 2 N–H and O–H groups in total. The molecule has 1 aliphatic heterocycles. The summed E-state index contributed by atoms with van der Waals surface area (Å²) in [5, 5.41) is 0. The van der Waals surface area contributed by atoms with Gasteiger partial charge in [-0.25, -0.2) is 0 Å². The second-order valence-corrected chi connectivity index (χ2v) is 4.49. The van der Waals surface area contributed by atoms with Crippen LogP contribution in [0.15, 0.2) is 24.3 Å². The Hall–Kier alpha value is -0.860. The molecular formula is C13H20N2. The van der Waals surface area contributed by atoms with Crippen molar-refractivity contribution < 1.29 is 0 Å². The summed E-state index contributed by atoms with van der Waals surface area (Å²) in [5.41, 5.74) is 8.61. The van der Waals surface area contributed by atoms with E-state index in [1.54, 1.807) is 0 Å². The number of likely N-dealkylation sites (N-methyl/N-ethyl adjacent to an activating group) is 1. The van der Waals surface area contributed by atoms with Gasteiger partial charge in [0.25, 0.3) is 0 Å². The van der Waals surface area contributed by atoms with Crippen molar-refractivity contribution in [3.63, 3.8) is 0 Å². The van der Waals surface area contributed by atoms with Crippen molar-refractivity contribution in [2.24, 2.45) is 5.73 Å². The van der Waals surface area contributed by atoms with Crippen LogP contribution in [0.3, 0.4) is 0 Å². The minimum atomic E-state index is 0.720. The summed E-state index contributed by atoms with van der Waals surface area (Å²) in [4.78, 5) is 2.41. The fraction of sp³-hybridized carbons (Fsp3) is 0.538. The maximum Gasteiger partial charge on any atom is 0.00478 e. The molecule has 2 heteroatoms. The van der Waals surface area contributed by atoms with Gasteiger partial charge in [-0.1, -0.05) is 24.3 Å². The molecule has 15 heavy (non-hydrogen) atoms. The van der Waals surface area contributed by atoms with Gasteiger partial charge in [0.05, 0.1) is 0 Å². The fourth-order valence-corrected chi connectivity index (χ4v) is 2.50. The minimum absolute atomic E-state index is 0.720. The first-order valence-electron chi connectivity index (χ1n) is 5.77. The minimum Gasteiger partial charge on any atom is -0.330 e. The molecular weight excluding hydrogens is 184 g/mol. The third kappa shape index (κ3) is 2.39. The maximum atomic E-state index is 5.64. The normalized spacial score (nSPS) is 22.1. The Labute approximate surface area is 92.1 Å². The van der Waals surface area contributed by atoms with Crippen molar-refractivity contribution in [3.8, 4) is 0 Å². The van der Waals surface area contributed by atoms with Crippen LogP contribution >= 0.6 is 0 Å². The van der Waals surface area contributed by atoms with E-state index in [1.165, 1.54) is 30.6 Å². The molecule has 1 atom stereocenters. The maximum absolute atomic E-state index is 5.64. The lowest BCUT2D eigenvalue weighted by Gasteiger charge is -2.15. The van der Waals surface area contributed by atoms with Crippen molar-refractivity contribution in [2.45, 2.75) is 18.8 Å². The molecule has 0 aromatic heterocycles.